The molecule has 1 amide bonds. The number of hydrogen-bond acceptors (Lipinski definition) is 3. The minimum absolute atomic E-state index is 0.152. The molecule has 1 atom stereocenters. The lowest BCUT2D eigenvalue weighted by molar-refractivity contribution is -0.133. The summed E-state index contributed by atoms with van der Waals surface area (Å²) in [6, 6.07) is 6.94. The van der Waals surface area contributed by atoms with Crippen molar-refractivity contribution < 1.29 is 9.18 Å². The third-order valence-corrected chi connectivity index (χ3v) is 6.72. The second-order valence-electron chi connectivity index (χ2n) is 9.07. The summed E-state index contributed by atoms with van der Waals surface area (Å²) < 4.78 is 13.4. The van der Waals surface area contributed by atoms with E-state index in [4.69, 9.17) is 0 Å². The van der Waals surface area contributed by atoms with Crippen LogP contribution in [0.15, 0.2) is 24.3 Å². The van der Waals surface area contributed by atoms with Crippen LogP contribution >= 0.6 is 0 Å². The molecule has 2 aliphatic heterocycles. The fourth-order valence-electron chi connectivity index (χ4n) is 4.84. The molecule has 1 unspecified atom stereocenters. The van der Waals surface area contributed by atoms with Gasteiger partial charge in [-0.2, -0.15) is 0 Å². The molecule has 2 fully saturated rings. The van der Waals surface area contributed by atoms with Gasteiger partial charge in [-0.25, -0.2) is 4.39 Å². The van der Waals surface area contributed by atoms with Crippen molar-refractivity contribution in [3.8, 4) is 0 Å². The number of amides is 1. The molecule has 1 aromatic rings. The Balaban J connectivity index is 1.44. The summed E-state index contributed by atoms with van der Waals surface area (Å²) in [6.45, 7) is 9.17. The van der Waals surface area contributed by atoms with E-state index in [0.29, 0.717) is 17.7 Å². The van der Waals surface area contributed by atoms with Crippen molar-refractivity contribution in [3.05, 3.63) is 35.6 Å². The molecule has 2 saturated heterocycles. The number of benzene rings is 1. The summed E-state index contributed by atoms with van der Waals surface area (Å²) in [7, 11) is 2.17. The number of carbonyl (C=O) groups is 1. The predicted molar refractivity (Wildman–Crippen MR) is 116 cm³/mol. The summed E-state index contributed by atoms with van der Waals surface area (Å²) in [5.41, 5.74) is 1.07. The molecule has 1 aromatic carbocycles. The van der Waals surface area contributed by atoms with Crippen LogP contribution in [0.25, 0.3) is 0 Å². The summed E-state index contributed by atoms with van der Waals surface area (Å²) in [5.74, 6) is 1.30. The fraction of sp³-hybridized carbons (Fsp3) is 0.708. The van der Waals surface area contributed by atoms with Gasteiger partial charge in [0.15, 0.2) is 0 Å². The first-order chi connectivity index (χ1) is 14.0. The highest BCUT2D eigenvalue weighted by Crippen LogP contribution is 2.22. The highest BCUT2D eigenvalue weighted by Gasteiger charge is 2.26. The zero-order valence-electron chi connectivity index (χ0n) is 18.3. The van der Waals surface area contributed by atoms with Crippen LogP contribution in [0.2, 0.25) is 0 Å². The van der Waals surface area contributed by atoms with Crippen LogP contribution in [-0.4, -0.2) is 73.5 Å². The number of carbonyl (C=O) groups excluding carboxylic acids is 1. The molecule has 0 saturated carbocycles. The van der Waals surface area contributed by atoms with Crippen molar-refractivity contribution in [1.29, 1.82) is 0 Å². The summed E-state index contributed by atoms with van der Waals surface area (Å²) >= 11 is 0. The van der Waals surface area contributed by atoms with Gasteiger partial charge in [-0.15, -0.1) is 0 Å². The monoisotopic (exact) mass is 403 g/mol. The minimum atomic E-state index is -0.152. The zero-order valence-corrected chi connectivity index (χ0v) is 18.3. The maximum atomic E-state index is 13.4. The van der Waals surface area contributed by atoms with Gasteiger partial charge in [0.1, 0.15) is 5.82 Å². The van der Waals surface area contributed by atoms with Crippen molar-refractivity contribution in [2.75, 3.05) is 52.9 Å². The van der Waals surface area contributed by atoms with E-state index in [2.05, 4.69) is 28.7 Å². The van der Waals surface area contributed by atoms with E-state index in [0.717, 1.165) is 77.1 Å². The van der Waals surface area contributed by atoms with Gasteiger partial charge in [0.2, 0.25) is 5.91 Å². The van der Waals surface area contributed by atoms with Gasteiger partial charge in [-0.3, -0.25) is 4.79 Å². The molecule has 2 heterocycles. The second kappa shape index (κ2) is 11.1. The Bertz CT molecular complexity index is 645. The SMILES string of the molecule is CCN(CC1CCCN(CCc2cccc(F)c2)C1)C(=O)CC1CCN(C)CC1. The maximum absolute atomic E-state index is 13.4. The first kappa shape index (κ1) is 22.2. The molecule has 0 aromatic heterocycles. The fourth-order valence-corrected chi connectivity index (χ4v) is 4.84. The molecule has 5 heteroatoms. The van der Waals surface area contributed by atoms with Crippen LogP contribution in [-0.2, 0) is 11.2 Å². The first-order valence-corrected chi connectivity index (χ1v) is 11.5. The molecule has 29 heavy (non-hydrogen) atoms. The quantitative estimate of drug-likeness (QED) is 0.663. The van der Waals surface area contributed by atoms with E-state index in [1.807, 2.05) is 6.07 Å². The Morgan fingerprint density at radius 1 is 1.17 bits per heavy atom. The number of nitrogens with zero attached hydrogens (tertiary/aromatic N) is 3. The number of piperidine rings is 2. The molecule has 0 radical (unpaired) electrons. The van der Waals surface area contributed by atoms with E-state index in [-0.39, 0.29) is 5.82 Å². The highest BCUT2D eigenvalue weighted by atomic mass is 19.1. The molecule has 0 spiro atoms. The van der Waals surface area contributed by atoms with Gasteiger partial charge in [0.25, 0.3) is 0 Å². The van der Waals surface area contributed by atoms with Crippen molar-refractivity contribution in [3.63, 3.8) is 0 Å². The van der Waals surface area contributed by atoms with Crippen LogP contribution in [0.5, 0.6) is 0 Å². The van der Waals surface area contributed by atoms with E-state index >= 15 is 0 Å². The normalized spacial score (nSPS) is 22.0. The molecule has 3 rings (SSSR count). The molecule has 0 aliphatic carbocycles. The van der Waals surface area contributed by atoms with Crippen LogP contribution < -0.4 is 0 Å². The van der Waals surface area contributed by atoms with E-state index in [1.165, 1.54) is 18.9 Å². The highest BCUT2D eigenvalue weighted by molar-refractivity contribution is 5.76. The molecule has 0 N–H and O–H groups in total. The standard InChI is InChI=1S/C24H38FN3O/c1-3-28(24(29)17-21-9-13-26(2)14-10-21)19-22-7-5-12-27(18-22)15-11-20-6-4-8-23(25)16-20/h4,6,8,16,21-22H,3,5,7,9-15,17-19H2,1-2H3. The maximum Gasteiger partial charge on any atom is 0.222 e. The third-order valence-electron chi connectivity index (χ3n) is 6.72. The summed E-state index contributed by atoms with van der Waals surface area (Å²) in [6.07, 6.45) is 6.30. The Labute approximate surface area is 176 Å². The van der Waals surface area contributed by atoms with Gasteiger partial charge in [0, 0.05) is 32.6 Å². The largest absolute Gasteiger partial charge is 0.343 e. The Hall–Kier alpha value is -1.46. The Morgan fingerprint density at radius 3 is 2.69 bits per heavy atom. The average Bonchev–Trinajstić information content (AvgIpc) is 2.72. The van der Waals surface area contributed by atoms with Crippen molar-refractivity contribution >= 4 is 5.91 Å². The summed E-state index contributed by atoms with van der Waals surface area (Å²) in [5, 5.41) is 0. The van der Waals surface area contributed by atoms with Gasteiger partial charge in [0.05, 0.1) is 0 Å². The van der Waals surface area contributed by atoms with E-state index in [9.17, 15) is 9.18 Å². The zero-order chi connectivity index (χ0) is 20.6. The summed E-state index contributed by atoms with van der Waals surface area (Å²) in [4.78, 5) is 19.8. The topological polar surface area (TPSA) is 26.8 Å². The second-order valence-corrected chi connectivity index (χ2v) is 9.07. The molecule has 2 aliphatic rings. The van der Waals surface area contributed by atoms with Gasteiger partial charge in [-0.1, -0.05) is 12.1 Å². The molecule has 162 valence electrons. The molecule has 0 bridgehead atoms. The van der Waals surface area contributed by atoms with Gasteiger partial charge in [-0.05, 0) is 95.2 Å². The number of hydrogen-bond donors (Lipinski definition) is 0. The predicted octanol–water partition coefficient (Wildman–Crippen LogP) is 3.66. The Kier molecular flexibility index (Phi) is 8.49. The lowest BCUT2D eigenvalue weighted by atomic mass is 9.92. The van der Waals surface area contributed by atoms with Crippen molar-refractivity contribution in [2.24, 2.45) is 11.8 Å². The smallest absolute Gasteiger partial charge is 0.222 e. The van der Waals surface area contributed by atoms with Gasteiger partial charge >= 0.3 is 0 Å². The lowest BCUT2D eigenvalue weighted by Gasteiger charge is -2.36. The average molecular weight is 404 g/mol. The van der Waals surface area contributed by atoms with Gasteiger partial charge < -0.3 is 14.7 Å². The number of halogens is 1. The lowest BCUT2D eigenvalue weighted by Crippen LogP contribution is -2.44. The van der Waals surface area contributed by atoms with E-state index in [1.54, 1.807) is 12.1 Å². The third kappa shape index (κ3) is 7.07. The molecular weight excluding hydrogens is 365 g/mol. The Morgan fingerprint density at radius 2 is 1.97 bits per heavy atom. The molecular formula is C24H38FN3O. The minimum Gasteiger partial charge on any atom is -0.343 e. The van der Waals surface area contributed by atoms with E-state index < -0.39 is 0 Å². The number of likely N-dealkylation sites (tertiary alicyclic amines) is 2. The van der Waals surface area contributed by atoms with Crippen LogP contribution in [0.4, 0.5) is 4.39 Å². The molecule has 4 nitrogen and oxygen atoms in total. The number of rotatable bonds is 8. The van der Waals surface area contributed by atoms with Crippen LogP contribution in [0.1, 0.15) is 44.6 Å². The van der Waals surface area contributed by atoms with Crippen LogP contribution in [0.3, 0.4) is 0 Å². The van der Waals surface area contributed by atoms with Crippen LogP contribution in [0, 0.1) is 17.7 Å². The van der Waals surface area contributed by atoms with Crippen molar-refractivity contribution in [1.82, 2.24) is 14.7 Å². The first-order valence-electron chi connectivity index (χ1n) is 11.5. The van der Waals surface area contributed by atoms with Crippen molar-refractivity contribution in [2.45, 2.75) is 45.4 Å².